The molecule has 18 heavy (non-hydrogen) atoms. The zero-order chi connectivity index (χ0) is 13.2. The third kappa shape index (κ3) is 2.84. The van der Waals surface area contributed by atoms with Crippen LogP contribution < -0.4 is 10.5 Å². The number of nitrogens with zero attached hydrogens (tertiary/aromatic N) is 2. The van der Waals surface area contributed by atoms with E-state index in [0.29, 0.717) is 5.69 Å². The van der Waals surface area contributed by atoms with Crippen molar-refractivity contribution in [3.63, 3.8) is 0 Å². The van der Waals surface area contributed by atoms with Crippen molar-refractivity contribution in [1.29, 1.82) is 0 Å². The van der Waals surface area contributed by atoms with E-state index >= 15 is 0 Å². The van der Waals surface area contributed by atoms with Crippen LogP contribution in [0.15, 0.2) is 28.7 Å². The molecule has 2 rings (SSSR count). The van der Waals surface area contributed by atoms with E-state index in [1.54, 1.807) is 11.4 Å². The molecule has 0 aromatic carbocycles. The average Bonchev–Trinajstić information content (AvgIpc) is 2.73. The van der Waals surface area contributed by atoms with Gasteiger partial charge in [-0.2, -0.15) is 0 Å². The van der Waals surface area contributed by atoms with Crippen LogP contribution in [0.4, 0.5) is 5.69 Å². The molecule has 0 saturated heterocycles. The minimum atomic E-state index is -3.70. The van der Waals surface area contributed by atoms with E-state index in [1.807, 2.05) is 6.92 Å². The lowest BCUT2D eigenvalue weighted by Crippen LogP contribution is -2.25. The lowest BCUT2D eigenvalue weighted by molar-refractivity contribution is 0.577. The van der Waals surface area contributed by atoms with E-state index < -0.39 is 10.0 Å². The monoisotopic (exact) mass is 284 g/mol. The Hall–Kier alpha value is -1.51. The largest absolute Gasteiger partial charge is 0.396 e. The summed E-state index contributed by atoms with van der Waals surface area (Å²) in [5.41, 5.74) is 6.39. The summed E-state index contributed by atoms with van der Waals surface area (Å²) in [7, 11) is -3.70. The fourth-order valence-electron chi connectivity index (χ4n) is 1.35. The van der Waals surface area contributed by atoms with Crippen molar-refractivity contribution in [2.75, 3.05) is 5.73 Å². The summed E-state index contributed by atoms with van der Waals surface area (Å²) in [6.45, 7) is 1.99. The number of thiazole rings is 1. The molecule has 6 nitrogen and oxygen atoms in total. The Bertz CT molecular complexity index is 651. The molecule has 2 aromatic rings. The summed E-state index contributed by atoms with van der Waals surface area (Å²) < 4.78 is 26.3. The molecule has 3 N–H and O–H groups in total. The Kier molecular flexibility index (Phi) is 3.60. The Morgan fingerprint density at radius 2 is 2.28 bits per heavy atom. The minimum Gasteiger partial charge on any atom is -0.396 e. The first-order chi connectivity index (χ1) is 8.49. The van der Waals surface area contributed by atoms with Crippen molar-refractivity contribution in [3.05, 3.63) is 34.4 Å². The number of pyridine rings is 1. The van der Waals surface area contributed by atoms with E-state index in [4.69, 9.17) is 5.73 Å². The smallest absolute Gasteiger partial charge is 0.260 e. The summed E-state index contributed by atoms with van der Waals surface area (Å²) in [5.74, 6) is 0. The molecule has 0 unspecified atom stereocenters. The van der Waals surface area contributed by atoms with Gasteiger partial charge in [-0.1, -0.05) is 0 Å². The van der Waals surface area contributed by atoms with Crippen LogP contribution >= 0.6 is 11.3 Å². The average molecular weight is 284 g/mol. The highest BCUT2D eigenvalue weighted by Gasteiger charge is 2.18. The maximum absolute atomic E-state index is 12.0. The molecular formula is C10H12N4O2S2. The van der Waals surface area contributed by atoms with Crippen molar-refractivity contribution >= 4 is 27.0 Å². The maximum Gasteiger partial charge on any atom is 0.260 e. The van der Waals surface area contributed by atoms with Crippen molar-refractivity contribution in [1.82, 2.24) is 14.7 Å². The molecule has 0 saturated carbocycles. The van der Waals surface area contributed by atoms with Crippen LogP contribution in [0.25, 0.3) is 0 Å². The van der Waals surface area contributed by atoms with Gasteiger partial charge in [0.25, 0.3) is 10.0 Å². The number of nitrogens with one attached hydrogen (secondary N) is 1. The van der Waals surface area contributed by atoms with E-state index in [0.717, 1.165) is 5.01 Å². The van der Waals surface area contributed by atoms with Crippen molar-refractivity contribution in [3.8, 4) is 0 Å². The first kappa shape index (κ1) is 12.9. The van der Waals surface area contributed by atoms with Gasteiger partial charge in [0.05, 0.1) is 22.9 Å². The normalized spacial score (nSPS) is 11.6. The van der Waals surface area contributed by atoms with Crippen molar-refractivity contribution in [2.24, 2.45) is 0 Å². The van der Waals surface area contributed by atoms with Gasteiger partial charge in [0.2, 0.25) is 0 Å². The maximum atomic E-state index is 12.0. The quantitative estimate of drug-likeness (QED) is 0.869. The number of hydrogen-bond donors (Lipinski definition) is 2. The van der Waals surface area contributed by atoms with Gasteiger partial charge >= 0.3 is 0 Å². The third-order valence-corrected chi connectivity index (χ3v) is 4.36. The molecule has 8 heteroatoms. The van der Waals surface area contributed by atoms with Crippen molar-refractivity contribution in [2.45, 2.75) is 18.5 Å². The number of hydrogen-bond acceptors (Lipinski definition) is 6. The highest BCUT2D eigenvalue weighted by Crippen LogP contribution is 2.14. The Morgan fingerprint density at radius 1 is 1.50 bits per heavy atom. The topological polar surface area (TPSA) is 98.0 Å². The summed E-state index contributed by atoms with van der Waals surface area (Å²) in [6.07, 6.45) is 1.39. The first-order valence-electron chi connectivity index (χ1n) is 5.10. The van der Waals surface area contributed by atoms with Gasteiger partial charge in [-0.3, -0.25) is 0 Å². The van der Waals surface area contributed by atoms with Crippen LogP contribution in [0.2, 0.25) is 0 Å². The number of rotatable bonds is 4. The van der Waals surface area contributed by atoms with Crippen LogP contribution in [0.5, 0.6) is 0 Å². The van der Waals surface area contributed by atoms with E-state index in [2.05, 4.69) is 14.7 Å². The van der Waals surface area contributed by atoms with Gasteiger partial charge in [0, 0.05) is 11.6 Å². The number of aromatic nitrogens is 2. The molecule has 96 valence electrons. The van der Waals surface area contributed by atoms with Gasteiger partial charge in [-0.05, 0) is 19.1 Å². The summed E-state index contributed by atoms with van der Waals surface area (Å²) in [6, 6.07) is 3.08. The molecule has 0 fully saturated rings. The molecule has 0 aliphatic rings. The van der Waals surface area contributed by atoms with E-state index in [-0.39, 0.29) is 17.3 Å². The second-order valence-corrected chi connectivity index (χ2v) is 6.32. The zero-order valence-electron chi connectivity index (χ0n) is 9.62. The highest BCUT2D eigenvalue weighted by molar-refractivity contribution is 7.89. The third-order valence-electron chi connectivity index (χ3n) is 2.17. The lowest BCUT2D eigenvalue weighted by Gasteiger charge is -2.06. The second-order valence-electron chi connectivity index (χ2n) is 3.58. The predicted molar refractivity (Wildman–Crippen MR) is 69.5 cm³/mol. The first-order valence-corrected chi connectivity index (χ1v) is 7.46. The summed E-state index contributed by atoms with van der Waals surface area (Å²) >= 11 is 1.47. The van der Waals surface area contributed by atoms with Gasteiger partial charge < -0.3 is 5.73 Å². The van der Waals surface area contributed by atoms with Crippen molar-refractivity contribution < 1.29 is 8.42 Å². The molecule has 0 aliphatic heterocycles. The number of aryl methyl sites for hydroxylation is 1. The van der Waals surface area contributed by atoms with E-state index in [9.17, 15) is 8.42 Å². The number of anilines is 1. The van der Waals surface area contributed by atoms with Gasteiger partial charge in [0.15, 0.2) is 5.03 Å². The Labute approximate surface area is 109 Å². The predicted octanol–water partition coefficient (Wildman–Crippen LogP) is 0.907. The minimum absolute atomic E-state index is 0.124. The number of nitrogen functional groups attached to an aromatic ring is 1. The van der Waals surface area contributed by atoms with Crippen LogP contribution in [-0.2, 0) is 16.6 Å². The van der Waals surface area contributed by atoms with Crippen LogP contribution in [-0.4, -0.2) is 18.4 Å². The molecule has 0 aliphatic carbocycles. The van der Waals surface area contributed by atoms with E-state index in [1.165, 1.54) is 23.6 Å². The lowest BCUT2D eigenvalue weighted by atomic mass is 10.4. The second kappa shape index (κ2) is 5.01. The number of nitrogens with two attached hydrogens (primary N) is 1. The molecule has 0 amide bonds. The molecular weight excluding hydrogens is 272 g/mol. The summed E-state index contributed by atoms with van der Waals surface area (Å²) in [4.78, 5) is 7.94. The molecule has 2 heterocycles. The van der Waals surface area contributed by atoms with Gasteiger partial charge in [-0.15, -0.1) is 11.3 Å². The number of sulfonamides is 1. The molecule has 0 bridgehead atoms. The molecule has 0 radical (unpaired) electrons. The highest BCUT2D eigenvalue weighted by atomic mass is 32.2. The molecule has 0 spiro atoms. The molecule has 2 aromatic heterocycles. The van der Waals surface area contributed by atoms with Gasteiger partial charge in [0.1, 0.15) is 0 Å². The van der Waals surface area contributed by atoms with Crippen LogP contribution in [0.1, 0.15) is 10.7 Å². The fourth-order valence-corrected chi connectivity index (χ4v) is 3.02. The Balaban J connectivity index is 2.16. The fraction of sp³-hybridized carbons (Fsp3) is 0.200. The van der Waals surface area contributed by atoms with Gasteiger partial charge in [-0.25, -0.2) is 23.1 Å². The van der Waals surface area contributed by atoms with Crippen LogP contribution in [0, 0.1) is 6.92 Å². The summed E-state index contributed by atoms with van der Waals surface area (Å²) in [5, 5.41) is 2.54. The van der Waals surface area contributed by atoms with Crippen LogP contribution in [0.3, 0.4) is 0 Å². The SMILES string of the molecule is Cc1nc(CNS(=O)(=O)c2ncccc2N)cs1. The zero-order valence-corrected chi connectivity index (χ0v) is 11.3. The molecule has 0 atom stereocenters. The Morgan fingerprint density at radius 3 is 2.89 bits per heavy atom. The standard InChI is InChI=1S/C10H12N4O2S2/c1-7-14-8(6-17-7)5-13-18(15,16)10-9(11)3-2-4-12-10/h2-4,6,13H,5,11H2,1H3.